The van der Waals surface area contributed by atoms with E-state index < -0.39 is 6.10 Å². The average molecular weight is 248 g/mol. The SMILES string of the molecule is CCC=CCC(O)CC(=O)OCc1ccccc1. The number of carbonyl (C=O) groups is 1. The number of carbonyl (C=O) groups excluding carboxylic acids is 1. The van der Waals surface area contributed by atoms with E-state index in [1.807, 2.05) is 49.4 Å². The fraction of sp³-hybridized carbons (Fsp3) is 0.400. The Bertz CT molecular complexity index is 371. The van der Waals surface area contributed by atoms with Gasteiger partial charge in [0, 0.05) is 0 Å². The molecule has 3 heteroatoms. The van der Waals surface area contributed by atoms with E-state index in [9.17, 15) is 9.90 Å². The normalized spacial score (nSPS) is 12.6. The number of rotatable bonds is 7. The van der Waals surface area contributed by atoms with Crippen LogP contribution in [0.2, 0.25) is 0 Å². The molecule has 0 aliphatic heterocycles. The van der Waals surface area contributed by atoms with Crippen LogP contribution in [0.3, 0.4) is 0 Å². The van der Waals surface area contributed by atoms with Crippen LogP contribution >= 0.6 is 0 Å². The zero-order valence-electron chi connectivity index (χ0n) is 10.7. The Morgan fingerprint density at radius 1 is 1.33 bits per heavy atom. The van der Waals surface area contributed by atoms with Gasteiger partial charge in [-0.3, -0.25) is 4.79 Å². The van der Waals surface area contributed by atoms with Gasteiger partial charge in [0.05, 0.1) is 12.5 Å². The Kier molecular flexibility index (Phi) is 6.81. The van der Waals surface area contributed by atoms with Gasteiger partial charge in [-0.1, -0.05) is 49.4 Å². The molecule has 0 aliphatic rings. The first-order valence-corrected chi connectivity index (χ1v) is 6.25. The molecule has 0 aromatic heterocycles. The molecule has 0 saturated heterocycles. The minimum absolute atomic E-state index is 0.0425. The lowest BCUT2D eigenvalue weighted by Gasteiger charge is -2.08. The quantitative estimate of drug-likeness (QED) is 0.596. The van der Waals surface area contributed by atoms with E-state index in [1.165, 1.54) is 0 Å². The third-order valence-electron chi connectivity index (χ3n) is 2.46. The summed E-state index contributed by atoms with van der Waals surface area (Å²) in [6, 6.07) is 9.50. The third-order valence-corrected chi connectivity index (χ3v) is 2.46. The zero-order chi connectivity index (χ0) is 13.2. The van der Waals surface area contributed by atoms with Crippen molar-refractivity contribution in [1.29, 1.82) is 0 Å². The maximum atomic E-state index is 11.5. The highest BCUT2D eigenvalue weighted by Gasteiger charge is 2.10. The van der Waals surface area contributed by atoms with Crippen molar-refractivity contribution in [1.82, 2.24) is 0 Å². The number of aliphatic hydroxyl groups excluding tert-OH is 1. The summed E-state index contributed by atoms with van der Waals surface area (Å²) in [6.07, 6.45) is 4.67. The maximum Gasteiger partial charge on any atom is 0.308 e. The molecular weight excluding hydrogens is 228 g/mol. The van der Waals surface area contributed by atoms with Crippen molar-refractivity contribution in [2.45, 2.75) is 38.9 Å². The van der Waals surface area contributed by atoms with Gasteiger partial charge < -0.3 is 9.84 Å². The smallest absolute Gasteiger partial charge is 0.308 e. The molecule has 1 unspecified atom stereocenters. The maximum absolute atomic E-state index is 11.5. The molecule has 0 aliphatic carbocycles. The van der Waals surface area contributed by atoms with Crippen molar-refractivity contribution < 1.29 is 14.6 Å². The van der Waals surface area contributed by atoms with Crippen LogP contribution in [-0.4, -0.2) is 17.2 Å². The van der Waals surface area contributed by atoms with Gasteiger partial charge in [0.2, 0.25) is 0 Å². The highest BCUT2D eigenvalue weighted by atomic mass is 16.5. The fourth-order valence-electron chi connectivity index (χ4n) is 1.49. The predicted molar refractivity (Wildman–Crippen MR) is 70.9 cm³/mol. The first kappa shape index (κ1) is 14.5. The Morgan fingerprint density at radius 2 is 2.06 bits per heavy atom. The minimum Gasteiger partial charge on any atom is -0.461 e. The van der Waals surface area contributed by atoms with E-state index in [1.54, 1.807) is 0 Å². The van der Waals surface area contributed by atoms with Gasteiger partial charge >= 0.3 is 5.97 Å². The predicted octanol–water partition coefficient (Wildman–Crippen LogP) is 2.84. The Balaban J connectivity index is 2.23. The molecule has 0 spiro atoms. The number of hydrogen-bond acceptors (Lipinski definition) is 3. The molecule has 98 valence electrons. The molecule has 1 N–H and O–H groups in total. The Hall–Kier alpha value is -1.61. The van der Waals surface area contributed by atoms with Crippen LogP contribution in [0.4, 0.5) is 0 Å². The molecule has 3 nitrogen and oxygen atoms in total. The van der Waals surface area contributed by atoms with Crippen molar-refractivity contribution in [3.05, 3.63) is 48.0 Å². The topological polar surface area (TPSA) is 46.5 Å². The van der Waals surface area contributed by atoms with Crippen LogP contribution in [0.25, 0.3) is 0 Å². The van der Waals surface area contributed by atoms with Gasteiger partial charge in [0.15, 0.2) is 0 Å². The standard InChI is InChI=1S/C15H20O3/c1-2-3-5-10-14(16)11-15(17)18-12-13-8-6-4-7-9-13/h3-9,14,16H,2,10-12H2,1H3. The summed E-state index contributed by atoms with van der Waals surface area (Å²) in [5.41, 5.74) is 0.950. The molecule has 1 aromatic carbocycles. The zero-order valence-corrected chi connectivity index (χ0v) is 10.7. The second-order valence-corrected chi connectivity index (χ2v) is 4.12. The summed E-state index contributed by atoms with van der Waals surface area (Å²) in [5, 5.41) is 9.59. The molecule has 0 fully saturated rings. The van der Waals surface area contributed by atoms with E-state index in [4.69, 9.17) is 4.74 Å². The van der Waals surface area contributed by atoms with Crippen molar-refractivity contribution >= 4 is 5.97 Å². The summed E-state index contributed by atoms with van der Waals surface area (Å²) in [4.78, 5) is 11.5. The molecule has 1 rings (SSSR count). The van der Waals surface area contributed by atoms with Crippen LogP contribution in [0.5, 0.6) is 0 Å². The van der Waals surface area contributed by atoms with E-state index in [0.29, 0.717) is 6.42 Å². The molecule has 0 heterocycles. The highest BCUT2D eigenvalue weighted by Crippen LogP contribution is 2.05. The van der Waals surface area contributed by atoms with Crippen LogP contribution in [0.1, 0.15) is 31.7 Å². The van der Waals surface area contributed by atoms with Crippen LogP contribution in [0, 0.1) is 0 Å². The van der Waals surface area contributed by atoms with Crippen LogP contribution in [0.15, 0.2) is 42.5 Å². The summed E-state index contributed by atoms with van der Waals surface area (Å²) < 4.78 is 5.08. The van der Waals surface area contributed by atoms with Gasteiger partial charge in [-0.2, -0.15) is 0 Å². The molecule has 0 saturated carbocycles. The van der Waals surface area contributed by atoms with Gasteiger partial charge in [-0.05, 0) is 18.4 Å². The first-order valence-electron chi connectivity index (χ1n) is 6.25. The van der Waals surface area contributed by atoms with Crippen molar-refractivity contribution in [2.24, 2.45) is 0 Å². The lowest BCUT2D eigenvalue weighted by Crippen LogP contribution is -2.15. The van der Waals surface area contributed by atoms with Crippen molar-refractivity contribution in [3.63, 3.8) is 0 Å². The van der Waals surface area contributed by atoms with Gasteiger partial charge in [-0.25, -0.2) is 0 Å². The van der Waals surface area contributed by atoms with E-state index in [0.717, 1.165) is 12.0 Å². The summed E-state index contributed by atoms with van der Waals surface area (Å²) in [6.45, 7) is 2.29. The first-order chi connectivity index (χ1) is 8.72. The molecule has 1 aromatic rings. The number of hydrogen-bond donors (Lipinski definition) is 1. The monoisotopic (exact) mass is 248 g/mol. The largest absolute Gasteiger partial charge is 0.461 e. The number of aliphatic hydroxyl groups is 1. The second-order valence-electron chi connectivity index (χ2n) is 4.12. The molecule has 0 radical (unpaired) electrons. The van der Waals surface area contributed by atoms with Gasteiger partial charge in [0.25, 0.3) is 0 Å². The molecule has 18 heavy (non-hydrogen) atoms. The van der Waals surface area contributed by atoms with E-state index in [2.05, 4.69) is 0 Å². The number of benzene rings is 1. The summed E-state index contributed by atoms with van der Waals surface area (Å²) >= 11 is 0. The van der Waals surface area contributed by atoms with Gasteiger partial charge in [0.1, 0.15) is 6.61 Å². The number of allylic oxidation sites excluding steroid dienone is 1. The molecule has 0 bridgehead atoms. The fourth-order valence-corrected chi connectivity index (χ4v) is 1.49. The van der Waals surface area contributed by atoms with Gasteiger partial charge in [-0.15, -0.1) is 0 Å². The highest BCUT2D eigenvalue weighted by molar-refractivity contribution is 5.69. The average Bonchev–Trinajstić information content (AvgIpc) is 2.38. The summed E-state index contributed by atoms with van der Waals surface area (Å²) in [7, 11) is 0. The lowest BCUT2D eigenvalue weighted by atomic mass is 10.2. The van der Waals surface area contributed by atoms with Crippen LogP contribution < -0.4 is 0 Å². The molecule has 1 atom stereocenters. The van der Waals surface area contributed by atoms with Crippen molar-refractivity contribution in [3.8, 4) is 0 Å². The molecular formula is C15H20O3. The summed E-state index contributed by atoms with van der Waals surface area (Å²) in [5.74, 6) is -0.365. The Labute approximate surface area is 108 Å². The van der Waals surface area contributed by atoms with Crippen LogP contribution in [-0.2, 0) is 16.1 Å². The minimum atomic E-state index is -0.656. The number of esters is 1. The Morgan fingerprint density at radius 3 is 2.72 bits per heavy atom. The van der Waals surface area contributed by atoms with E-state index >= 15 is 0 Å². The lowest BCUT2D eigenvalue weighted by molar-refractivity contribution is -0.147. The van der Waals surface area contributed by atoms with Crippen molar-refractivity contribution in [2.75, 3.05) is 0 Å². The second kappa shape index (κ2) is 8.48. The number of ether oxygens (including phenoxy) is 1. The molecule has 0 amide bonds. The van der Waals surface area contributed by atoms with E-state index in [-0.39, 0.29) is 19.0 Å². The third kappa shape index (κ3) is 6.21.